The van der Waals surface area contributed by atoms with E-state index in [1.165, 1.54) is 19.3 Å². The van der Waals surface area contributed by atoms with Gasteiger partial charge >= 0.3 is 5.97 Å². The summed E-state index contributed by atoms with van der Waals surface area (Å²) < 4.78 is 5.76. The fourth-order valence-electron chi connectivity index (χ4n) is 3.61. The van der Waals surface area contributed by atoms with Crippen LogP contribution in [0.25, 0.3) is 0 Å². The normalized spacial score (nSPS) is 35.9. The molecule has 2 rings (SSSR count). The highest BCUT2D eigenvalue weighted by Crippen LogP contribution is 2.32. The lowest BCUT2D eigenvalue weighted by Crippen LogP contribution is -2.31. The number of rotatable bonds is 4. The first-order valence-corrected chi connectivity index (χ1v) is 8.13. The monoisotopic (exact) mass is 267 g/mol. The predicted octanol–water partition coefficient (Wildman–Crippen LogP) is 3.26. The van der Waals surface area contributed by atoms with Gasteiger partial charge in [-0.3, -0.25) is 4.79 Å². The number of esters is 1. The number of carbonyl (C=O) groups excluding carboxylic acids is 1. The molecule has 0 aromatic heterocycles. The quantitative estimate of drug-likeness (QED) is 0.795. The van der Waals surface area contributed by atoms with Crippen LogP contribution in [0.2, 0.25) is 0 Å². The Morgan fingerprint density at radius 2 is 1.84 bits per heavy atom. The molecule has 0 bridgehead atoms. The van der Waals surface area contributed by atoms with Crippen molar-refractivity contribution in [2.24, 2.45) is 23.5 Å². The van der Waals surface area contributed by atoms with E-state index < -0.39 is 0 Å². The minimum absolute atomic E-state index is 0.0669. The topological polar surface area (TPSA) is 52.3 Å². The summed E-state index contributed by atoms with van der Waals surface area (Å²) >= 11 is 0. The Morgan fingerprint density at radius 3 is 2.47 bits per heavy atom. The lowest BCUT2D eigenvalue weighted by Gasteiger charge is -2.31. The molecular formula is C16H29NO2. The number of hydrogen-bond donors (Lipinski definition) is 1. The van der Waals surface area contributed by atoms with Crippen LogP contribution in [0.4, 0.5) is 0 Å². The van der Waals surface area contributed by atoms with E-state index >= 15 is 0 Å². The highest BCUT2D eigenvalue weighted by Gasteiger charge is 2.30. The highest BCUT2D eigenvalue weighted by molar-refractivity contribution is 5.72. The highest BCUT2D eigenvalue weighted by atomic mass is 16.5. The molecule has 0 heterocycles. The molecule has 2 atom stereocenters. The number of hydrogen-bond acceptors (Lipinski definition) is 3. The van der Waals surface area contributed by atoms with Crippen LogP contribution in [0, 0.1) is 17.8 Å². The maximum absolute atomic E-state index is 12.2. The first kappa shape index (κ1) is 14.8. The molecule has 0 aliphatic heterocycles. The van der Waals surface area contributed by atoms with Crippen LogP contribution in [0.5, 0.6) is 0 Å². The van der Waals surface area contributed by atoms with Crippen molar-refractivity contribution in [2.75, 3.05) is 6.54 Å². The number of ether oxygens (including phenoxy) is 1. The van der Waals surface area contributed by atoms with Gasteiger partial charge in [0.25, 0.3) is 0 Å². The van der Waals surface area contributed by atoms with Gasteiger partial charge in [0, 0.05) is 0 Å². The van der Waals surface area contributed by atoms with Gasteiger partial charge in [0.1, 0.15) is 6.10 Å². The fraction of sp³-hybridized carbons (Fsp3) is 0.938. The average Bonchev–Trinajstić information content (AvgIpc) is 2.47. The smallest absolute Gasteiger partial charge is 0.309 e. The molecule has 2 saturated carbocycles. The number of carbonyl (C=O) groups is 1. The lowest BCUT2D eigenvalue weighted by molar-refractivity contribution is -0.157. The summed E-state index contributed by atoms with van der Waals surface area (Å²) in [5.74, 6) is 1.60. The first-order valence-electron chi connectivity index (χ1n) is 8.13. The molecule has 0 amide bonds. The Kier molecular flexibility index (Phi) is 5.68. The van der Waals surface area contributed by atoms with Gasteiger partial charge in [-0.05, 0) is 63.3 Å². The van der Waals surface area contributed by atoms with Crippen molar-refractivity contribution in [3.8, 4) is 0 Å². The largest absolute Gasteiger partial charge is 0.462 e. The summed E-state index contributed by atoms with van der Waals surface area (Å²) in [6.07, 6.45) is 10.2. The van der Waals surface area contributed by atoms with Crippen molar-refractivity contribution >= 4 is 5.97 Å². The summed E-state index contributed by atoms with van der Waals surface area (Å²) in [6.45, 7) is 3.01. The van der Waals surface area contributed by atoms with Crippen LogP contribution >= 0.6 is 0 Å². The van der Waals surface area contributed by atoms with Crippen molar-refractivity contribution in [1.82, 2.24) is 0 Å². The Hall–Kier alpha value is -0.570. The summed E-state index contributed by atoms with van der Waals surface area (Å²) in [5.41, 5.74) is 5.69. The summed E-state index contributed by atoms with van der Waals surface area (Å²) in [4.78, 5) is 12.2. The van der Waals surface area contributed by atoms with Gasteiger partial charge in [0.15, 0.2) is 0 Å². The van der Waals surface area contributed by atoms with Crippen LogP contribution in [-0.2, 0) is 9.53 Å². The van der Waals surface area contributed by atoms with E-state index in [1.807, 2.05) is 0 Å². The van der Waals surface area contributed by atoms with E-state index in [-0.39, 0.29) is 18.0 Å². The molecule has 110 valence electrons. The third kappa shape index (κ3) is 4.20. The molecule has 0 spiro atoms. The lowest BCUT2D eigenvalue weighted by atomic mass is 9.82. The Labute approximate surface area is 117 Å². The van der Waals surface area contributed by atoms with Crippen molar-refractivity contribution in [3.05, 3.63) is 0 Å². The standard InChI is InChI=1S/C16H29NO2/c1-2-12-4-3-5-15(10-12)19-16(18)14-8-6-13(11-17)7-9-14/h12-15H,2-11,17H2,1H3. The maximum atomic E-state index is 12.2. The first-order chi connectivity index (χ1) is 9.22. The van der Waals surface area contributed by atoms with E-state index in [4.69, 9.17) is 10.5 Å². The second-order valence-electron chi connectivity index (χ2n) is 6.45. The second-order valence-corrected chi connectivity index (χ2v) is 6.45. The summed E-state index contributed by atoms with van der Waals surface area (Å²) in [5, 5.41) is 0. The van der Waals surface area contributed by atoms with E-state index in [2.05, 4.69) is 6.92 Å². The van der Waals surface area contributed by atoms with E-state index in [1.54, 1.807) is 0 Å². The molecule has 0 radical (unpaired) electrons. The SMILES string of the molecule is CCC1CCCC(OC(=O)C2CCC(CN)CC2)C1. The van der Waals surface area contributed by atoms with Gasteiger partial charge in [-0.2, -0.15) is 0 Å². The van der Waals surface area contributed by atoms with Gasteiger partial charge in [0.2, 0.25) is 0 Å². The second kappa shape index (κ2) is 7.28. The molecule has 2 fully saturated rings. The zero-order chi connectivity index (χ0) is 13.7. The zero-order valence-electron chi connectivity index (χ0n) is 12.3. The summed E-state index contributed by atoms with van der Waals surface area (Å²) in [7, 11) is 0. The van der Waals surface area contributed by atoms with Crippen LogP contribution in [0.15, 0.2) is 0 Å². The molecule has 0 aromatic carbocycles. The minimum Gasteiger partial charge on any atom is -0.462 e. The molecule has 2 aliphatic carbocycles. The van der Waals surface area contributed by atoms with Gasteiger partial charge in [-0.25, -0.2) is 0 Å². The Bertz CT molecular complexity index is 284. The Morgan fingerprint density at radius 1 is 1.11 bits per heavy atom. The van der Waals surface area contributed by atoms with Crippen LogP contribution < -0.4 is 5.73 Å². The molecule has 0 saturated heterocycles. The molecule has 0 aromatic rings. The number of nitrogens with two attached hydrogens (primary N) is 1. The average molecular weight is 267 g/mol. The van der Waals surface area contributed by atoms with E-state index in [9.17, 15) is 4.79 Å². The van der Waals surface area contributed by atoms with Crippen LogP contribution in [0.1, 0.15) is 64.7 Å². The third-order valence-corrected chi connectivity index (χ3v) is 5.11. The predicted molar refractivity (Wildman–Crippen MR) is 76.6 cm³/mol. The van der Waals surface area contributed by atoms with Crippen LogP contribution in [-0.4, -0.2) is 18.6 Å². The third-order valence-electron chi connectivity index (χ3n) is 5.11. The van der Waals surface area contributed by atoms with Gasteiger partial charge < -0.3 is 10.5 Å². The van der Waals surface area contributed by atoms with Crippen molar-refractivity contribution in [2.45, 2.75) is 70.8 Å². The molecule has 3 heteroatoms. The van der Waals surface area contributed by atoms with Crippen molar-refractivity contribution < 1.29 is 9.53 Å². The molecule has 2 aliphatic rings. The maximum Gasteiger partial charge on any atom is 0.309 e. The molecular weight excluding hydrogens is 238 g/mol. The molecule has 2 unspecified atom stereocenters. The molecule has 2 N–H and O–H groups in total. The summed E-state index contributed by atoms with van der Waals surface area (Å²) in [6, 6.07) is 0. The molecule has 19 heavy (non-hydrogen) atoms. The zero-order valence-corrected chi connectivity index (χ0v) is 12.3. The van der Waals surface area contributed by atoms with E-state index in [0.717, 1.165) is 51.0 Å². The van der Waals surface area contributed by atoms with Gasteiger partial charge in [-0.15, -0.1) is 0 Å². The minimum atomic E-state index is 0.0669. The fourth-order valence-corrected chi connectivity index (χ4v) is 3.61. The van der Waals surface area contributed by atoms with Gasteiger partial charge in [-0.1, -0.05) is 19.8 Å². The van der Waals surface area contributed by atoms with Gasteiger partial charge in [0.05, 0.1) is 5.92 Å². The van der Waals surface area contributed by atoms with E-state index in [0.29, 0.717) is 5.92 Å². The van der Waals surface area contributed by atoms with Crippen LogP contribution in [0.3, 0.4) is 0 Å². The Balaban J connectivity index is 1.75. The molecule has 3 nitrogen and oxygen atoms in total. The van der Waals surface area contributed by atoms with Crippen molar-refractivity contribution in [3.63, 3.8) is 0 Å². The van der Waals surface area contributed by atoms with Crippen molar-refractivity contribution in [1.29, 1.82) is 0 Å².